The van der Waals surface area contributed by atoms with Crippen LogP contribution in [0.25, 0.3) is 0 Å². The van der Waals surface area contributed by atoms with E-state index in [0.29, 0.717) is 31.2 Å². The highest BCUT2D eigenvalue weighted by Crippen LogP contribution is 2.13. The second-order valence-corrected chi connectivity index (χ2v) is 6.66. The number of aliphatic imine (C=N–C) groups is 1. The van der Waals surface area contributed by atoms with Crippen LogP contribution >= 0.6 is 0 Å². The van der Waals surface area contributed by atoms with E-state index in [1.807, 2.05) is 44.4 Å². The number of halogens is 1. The van der Waals surface area contributed by atoms with Crippen molar-refractivity contribution in [1.82, 2.24) is 15.5 Å². The van der Waals surface area contributed by atoms with E-state index in [-0.39, 0.29) is 5.82 Å². The van der Waals surface area contributed by atoms with Gasteiger partial charge in [-0.2, -0.15) is 0 Å². The topological polar surface area (TPSA) is 48.9 Å². The lowest BCUT2D eigenvalue weighted by Crippen LogP contribution is -2.36. The van der Waals surface area contributed by atoms with E-state index in [0.717, 1.165) is 23.4 Å². The van der Waals surface area contributed by atoms with Crippen LogP contribution in [0.3, 0.4) is 0 Å². The van der Waals surface area contributed by atoms with E-state index >= 15 is 0 Å². The van der Waals surface area contributed by atoms with Crippen LogP contribution in [0.2, 0.25) is 0 Å². The van der Waals surface area contributed by atoms with Crippen molar-refractivity contribution in [3.05, 3.63) is 65.0 Å². The first-order valence-electron chi connectivity index (χ1n) is 9.04. The molecule has 146 valence electrons. The van der Waals surface area contributed by atoms with E-state index < -0.39 is 0 Å². The molecule has 2 aromatic carbocycles. The molecule has 0 saturated heterocycles. The summed E-state index contributed by atoms with van der Waals surface area (Å²) in [5.74, 6) is 1.33. The standard InChI is InChI=1S/C21H29FN4O/c1-16-8-9-18(13-20(16)22)15-25-21(23-2)24-14-17-6-5-7-19(12-17)27-11-10-26(3)4/h5-9,12-13H,10-11,14-15H2,1-4H3,(H2,23,24,25). The molecule has 0 aliphatic carbocycles. The monoisotopic (exact) mass is 372 g/mol. The van der Waals surface area contributed by atoms with Gasteiger partial charge >= 0.3 is 0 Å². The van der Waals surface area contributed by atoms with Gasteiger partial charge in [0.2, 0.25) is 0 Å². The molecular weight excluding hydrogens is 343 g/mol. The molecule has 0 heterocycles. The van der Waals surface area contributed by atoms with E-state index in [1.54, 1.807) is 26.1 Å². The van der Waals surface area contributed by atoms with Crippen molar-refractivity contribution in [2.24, 2.45) is 4.99 Å². The second kappa shape index (κ2) is 10.5. The highest BCUT2D eigenvalue weighted by atomic mass is 19.1. The van der Waals surface area contributed by atoms with Crippen LogP contribution in [0.1, 0.15) is 16.7 Å². The molecule has 0 bridgehead atoms. The number of benzene rings is 2. The van der Waals surface area contributed by atoms with Gasteiger partial charge in [0.15, 0.2) is 5.96 Å². The average molecular weight is 372 g/mol. The Bertz CT molecular complexity index is 762. The van der Waals surface area contributed by atoms with E-state index in [4.69, 9.17) is 4.74 Å². The highest BCUT2D eigenvalue weighted by Gasteiger charge is 2.03. The summed E-state index contributed by atoms with van der Waals surface area (Å²) < 4.78 is 19.4. The van der Waals surface area contributed by atoms with Gasteiger partial charge in [-0.25, -0.2) is 4.39 Å². The predicted octanol–water partition coefficient (Wildman–Crippen LogP) is 2.94. The van der Waals surface area contributed by atoms with Crippen molar-refractivity contribution in [3.63, 3.8) is 0 Å². The van der Waals surface area contributed by atoms with Crippen molar-refractivity contribution in [3.8, 4) is 5.75 Å². The summed E-state index contributed by atoms with van der Waals surface area (Å²) in [5.41, 5.74) is 2.62. The molecule has 6 heteroatoms. The molecule has 0 spiro atoms. The van der Waals surface area contributed by atoms with Crippen LogP contribution in [0, 0.1) is 12.7 Å². The molecule has 27 heavy (non-hydrogen) atoms. The molecule has 0 radical (unpaired) electrons. The molecular formula is C21H29FN4O. The van der Waals surface area contributed by atoms with Crippen LogP contribution in [0.5, 0.6) is 5.75 Å². The van der Waals surface area contributed by atoms with Crippen LogP contribution in [0.4, 0.5) is 4.39 Å². The minimum Gasteiger partial charge on any atom is -0.492 e. The molecule has 2 rings (SSSR count). The fraction of sp³-hybridized carbons (Fsp3) is 0.381. The van der Waals surface area contributed by atoms with E-state index in [1.165, 1.54) is 0 Å². The SMILES string of the molecule is CN=C(NCc1cccc(OCCN(C)C)c1)NCc1ccc(C)c(F)c1. The van der Waals surface area contributed by atoms with Crippen LogP contribution < -0.4 is 15.4 Å². The van der Waals surface area contributed by atoms with Crippen molar-refractivity contribution >= 4 is 5.96 Å². The molecule has 0 aliphatic rings. The number of likely N-dealkylation sites (N-methyl/N-ethyl adjacent to an activating group) is 1. The predicted molar refractivity (Wildman–Crippen MR) is 109 cm³/mol. The van der Waals surface area contributed by atoms with Gasteiger partial charge < -0.3 is 20.3 Å². The Balaban J connectivity index is 1.83. The van der Waals surface area contributed by atoms with Gasteiger partial charge in [-0.15, -0.1) is 0 Å². The summed E-state index contributed by atoms with van der Waals surface area (Å²) in [6.45, 7) is 4.40. The fourth-order valence-electron chi connectivity index (χ4n) is 2.43. The summed E-state index contributed by atoms with van der Waals surface area (Å²) in [5, 5.41) is 6.46. The third-order valence-electron chi connectivity index (χ3n) is 4.09. The zero-order valence-corrected chi connectivity index (χ0v) is 16.6. The van der Waals surface area contributed by atoms with Gasteiger partial charge in [0.1, 0.15) is 18.2 Å². The summed E-state index contributed by atoms with van der Waals surface area (Å²) in [7, 11) is 5.76. The van der Waals surface area contributed by atoms with Gasteiger partial charge in [-0.05, 0) is 55.9 Å². The first-order chi connectivity index (χ1) is 13.0. The number of guanidine groups is 1. The van der Waals surface area contributed by atoms with E-state index in [2.05, 4.69) is 20.5 Å². The van der Waals surface area contributed by atoms with Gasteiger partial charge in [-0.1, -0.05) is 24.3 Å². The third kappa shape index (κ3) is 7.27. The number of nitrogens with one attached hydrogen (secondary N) is 2. The lowest BCUT2D eigenvalue weighted by molar-refractivity contribution is 0.261. The molecule has 0 amide bonds. The van der Waals surface area contributed by atoms with E-state index in [9.17, 15) is 4.39 Å². The number of ether oxygens (including phenoxy) is 1. The summed E-state index contributed by atoms with van der Waals surface area (Å²) in [4.78, 5) is 6.30. The zero-order valence-electron chi connectivity index (χ0n) is 16.6. The summed E-state index contributed by atoms with van der Waals surface area (Å²) in [6.07, 6.45) is 0. The molecule has 2 aromatic rings. The minimum atomic E-state index is -0.191. The fourth-order valence-corrected chi connectivity index (χ4v) is 2.43. The minimum absolute atomic E-state index is 0.191. The lowest BCUT2D eigenvalue weighted by Gasteiger charge is -2.14. The molecule has 0 aliphatic heterocycles. The lowest BCUT2D eigenvalue weighted by atomic mass is 10.1. The smallest absolute Gasteiger partial charge is 0.191 e. The Morgan fingerprint density at radius 2 is 1.78 bits per heavy atom. The van der Waals surface area contributed by atoms with Crippen molar-refractivity contribution in [2.75, 3.05) is 34.3 Å². The number of aryl methyl sites for hydroxylation is 1. The molecule has 2 N–H and O–H groups in total. The second-order valence-electron chi connectivity index (χ2n) is 6.66. The number of hydrogen-bond donors (Lipinski definition) is 2. The van der Waals surface area contributed by atoms with Crippen molar-refractivity contribution < 1.29 is 9.13 Å². The highest BCUT2D eigenvalue weighted by molar-refractivity contribution is 5.79. The number of rotatable bonds is 8. The zero-order chi connectivity index (χ0) is 19.6. The maximum atomic E-state index is 13.6. The van der Waals surface area contributed by atoms with Gasteiger partial charge in [0.25, 0.3) is 0 Å². The average Bonchev–Trinajstić information content (AvgIpc) is 2.65. The Kier molecular flexibility index (Phi) is 8.07. The van der Waals surface area contributed by atoms with Crippen LogP contribution in [-0.2, 0) is 13.1 Å². The Labute approximate surface area is 161 Å². The Morgan fingerprint density at radius 1 is 1.07 bits per heavy atom. The molecule has 0 fully saturated rings. The maximum Gasteiger partial charge on any atom is 0.191 e. The first kappa shape index (κ1) is 20.7. The normalized spacial score (nSPS) is 11.6. The van der Waals surface area contributed by atoms with Crippen LogP contribution in [-0.4, -0.2) is 45.2 Å². The van der Waals surface area contributed by atoms with Crippen molar-refractivity contribution in [2.45, 2.75) is 20.0 Å². The summed E-state index contributed by atoms with van der Waals surface area (Å²) >= 11 is 0. The molecule has 5 nitrogen and oxygen atoms in total. The quantitative estimate of drug-likeness (QED) is 0.553. The molecule has 0 unspecified atom stereocenters. The van der Waals surface area contributed by atoms with Gasteiger partial charge in [-0.3, -0.25) is 4.99 Å². The Morgan fingerprint density at radius 3 is 2.41 bits per heavy atom. The van der Waals surface area contributed by atoms with Crippen LogP contribution in [0.15, 0.2) is 47.5 Å². The van der Waals surface area contributed by atoms with Gasteiger partial charge in [0.05, 0.1) is 0 Å². The maximum absolute atomic E-state index is 13.6. The molecule has 0 saturated carbocycles. The summed E-state index contributed by atoms with van der Waals surface area (Å²) in [6, 6.07) is 13.2. The number of hydrogen-bond acceptors (Lipinski definition) is 3. The third-order valence-corrected chi connectivity index (χ3v) is 4.09. The first-order valence-corrected chi connectivity index (χ1v) is 9.04. The molecule has 0 aromatic heterocycles. The van der Waals surface area contributed by atoms with Crippen molar-refractivity contribution in [1.29, 1.82) is 0 Å². The number of nitrogens with zero attached hydrogens (tertiary/aromatic N) is 2. The largest absolute Gasteiger partial charge is 0.492 e. The van der Waals surface area contributed by atoms with Gasteiger partial charge in [0, 0.05) is 26.7 Å². The Hall–Kier alpha value is -2.60. The molecule has 0 atom stereocenters.